The fourth-order valence-corrected chi connectivity index (χ4v) is 2.27. The first-order valence-corrected chi connectivity index (χ1v) is 6.90. The van der Waals surface area contributed by atoms with Crippen LogP contribution < -0.4 is 14.8 Å². The minimum atomic E-state index is 0.310. The minimum absolute atomic E-state index is 0.310. The molecule has 0 fully saturated rings. The molecule has 0 bridgehead atoms. The average Bonchev–Trinajstić information content (AvgIpc) is 2.87. The van der Waals surface area contributed by atoms with E-state index in [1.54, 1.807) is 0 Å². The van der Waals surface area contributed by atoms with Gasteiger partial charge >= 0.3 is 0 Å². The number of hydrogen-bond donors (Lipinski definition) is 1. The Morgan fingerprint density at radius 1 is 1.11 bits per heavy atom. The lowest BCUT2D eigenvalue weighted by atomic mass is 10.1. The van der Waals surface area contributed by atoms with Crippen molar-refractivity contribution in [3.05, 3.63) is 52.0 Å². The Morgan fingerprint density at radius 2 is 1.95 bits per heavy atom. The molecule has 0 radical (unpaired) electrons. The van der Waals surface area contributed by atoms with Gasteiger partial charge in [-0.2, -0.15) is 0 Å². The third-order valence-corrected chi connectivity index (χ3v) is 3.98. The molecular formula is C15H14BrNO2. The number of hydrogen-bond acceptors (Lipinski definition) is 3. The molecule has 4 heteroatoms. The lowest BCUT2D eigenvalue weighted by Gasteiger charge is -2.08. The predicted octanol–water partition coefficient (Wildman–Crippen LogP) is 4.10. The van der Waals surface area contributed by atoms with E-state index in [-0.39, 0.29) is 0 Å². The summed E-state index contributed by atoms with van der Waals surface area (Å²) >= 11 is 3.51. The Kier molecular flexibility index (Phi) is 3.34. The Morgan fingerprint density at radius 3 is 2.79 bits per heavy atom. The largest absolute Gasteiger partial charge is 0.454 e. The quantitative estimate of drug-likeness (QED) is 0.924. The van der Waals surface area contributed by atoms with Crippen molar-refractivity contribution in [1.82, 2.24) is 0 Å². The highest BCUT2D eigenvalue weighted by molar-refractivity contribution is 9.10. The van der Waals surface area contributed by atoms with Crippen LogP contribution >= 0.6 is 15.9 Å². The third-order valence-electron chi connectivity index (χ3n) is 3.09. The Labute approximate surface area is 120 Å². The van der Waals surface area contributed by atoms with Gasteiger partial charge in [-0.1, -0.05) is 28.1 Å². The van der Waals surface area contributed by atoms with E-state index in [4.69, 9.17) is 9.47 Å². The number of benzene rings is 2. The monoisotopic (exact) mass is 319 g/mol. The number of aryl methyl sites for hydroxylation is 1. The molecule has 0 aliphatic carbocycles. The van der Waals surface area contributed by atoms with Gasteiger partial charge in [0.05, 0.1) is 0 Å². The second-order valence-electron chi connectivity index (χ2n) is 4.51. The van der Waals surface area contributed by atoms with Crippen LogP contribution in [0, 0.1) is 6.92 Å². The lowest BCUT2D eigenvalue weighted by Crippen LogP contribution is -1.99. The molecule has 3 rings (SSSR count). The van der Waals surface area contributed by atoms with Gasteiger partial charge in [0.2, 0.25) is 6.79 Å². The van der Waals surface area contributed by atoms with Crippen LogP contribution in [0.3, 0.4) is 0 Å². The van der Waals surface area contributed by atoms with E-state index in [0.29, 0.717) is 6.79 Å². The molecule has 1 heterocycles. The van der Waals surface area contributed by atoms with Crippen LogP contribution in [0.4, 0.5) is 5.69 Å². The maximum atomic E-state index is 5.36. The molecule has 1 N–H and O–H groups in total. The van der Waals surface area contributed by atoms with Gasteiger partial charge in [-0.25, -0.2) is 0 Å². The third kappa shape index (κ3) is 2.68. The molecule has 98 valence electrons. The van der Waals surface area contributed by atoms with Crippen LogP contribution in [0.15, 0.2) is 40.9 Å². The van der Waals surface area contributed by atoms with Gasteiger partial charge in [-0.15, -0.1) is 0 Å². The minimum Gasteiger partial charge on any atom is -0.454 e. The van der Waals surface area contributed by atoms with Crippen molar-refractivity contribution < 1.29 is 9.47 Å². The highest BCUT2D eigenvalue weighted by atomic mass is 79.9. The summed E-state index contributed by atoms with van der Waals surface area (Å²) in [4.78, 5) is 0. The number of halogens is 1. The van der Waals surface area contributed by atoms with Gasteiger partial charge < -0.3 is 14.8 Å². The van der Waals surface area contributed by atoms with Crippen molar-refractivity contribution in [3.63, 3.8) is 0 Å². The van der Waals surface area contributed by atoms with E-state index in [2.05, 4.69) is 46.4 Å². The first kappa shape index (κ1) is 12.4. The summed E-state index contributed by atoms with van der Waals surface area (Å²) in [6.07, 6.45) is 0. The van der Waals surface area contributed by atoms with Crippen molar-refractivity contribution in [1.29, 1.82) is 0 Å². The molecule has 2 aromatic rings. The van der Waals surface area contributed by atoms with Gasteiger partial charge in [-0.3, -0.25) is 0 Å². The van der Waals surface area contributed by atoms with Crippen LogP contribution in [0.5, 0.6) is 11.5 Å². The maximum absolute atomic E-state index is 5.36. The average molecular weight is 320 g/mol. The zero-order valence-corrected chi connectivity index (χ0v) is 12.2. The second kappa shape index (κ2) is 5.13. The lowest BCUT2D eigenvalue weighted by molar-refractivity contribution is 0.174. The standard InChI is InChI=1S/C15H14BrNO2/c1-10-6-11(2-4-13(10)16)8-17-12-3-5-14-15(7-12)19-9-18-14/h2-7,17H,8-9H2,1H3. The molecule has 0 unspecified atom stereocenters. The number of rotatable bonds is 3. The van der Waals surface area contributed by atoms with E-state index >= 15 is 0 Å². The van der Waals surface area contributed by atoms with E-state index in [0.717, 1.165) is 28.2 Å². The first-order chi connectivity index (χ1) is 9.22. The topological polar surface area (TPSA) is 30.5 Å². The highest BCUT2D eigenvalue weighted by Crippen LogP contribution is 2.34. The van der Waals surface area contributed by atoms with Crippen molar-refractivity contribution in [2.75, 3.05) is 12.1 Å². The number of nitrogens with one attached hydrogen (secondary N) is 1. The molecule has 0 saturated carbocycles. The van der Waals surface area contributed by atoms with E-state index in [1.807, 2.05) is 18.2 Å². The molecule has 1 aliphatic heterocycles. The summed E-state index contributed by atoms with van der Waals surface area (Å²) in [7, 11) is 0. The van der Waals surface area contributed by atoms with Gasteiger partial charge in [-0.05, 0) is 36.2 Å². The molecule has 0 amide bonds. The van der Waals surface area contributed by atoms with E-state index in [9.17, 15) is 0 Å². The summed E-state index contributed by atoms with van der Waals surface area (Å²) in [5, 5.41) is 3.39. The van der Waals surface area contributed by atoms with E-state index < -0.39 is 0 Å². The van der Waals surface area contributed by atoms with Gasteiger partial charge in [0.1, 0.15) is 0 Å². The van der Waals surface area contributed by atoms with Crippen LogP contribution in [0.1, 0.15) is 11.1 Å². The van der Waals surface area contributed by atoms with Crippen LogP contribution in [0.2, 0.25) is 0 Å². The summed E-state index contributed by atoms with van der Waals surface area (Å²) in [6.45, 7) is 3.19. The Balaban J connectivity index is 1.70. The molecule has 0 spiro atoms. The molecule has 3 nitrogen and oxygen atoms in total. The fraction of sp³-hybridized carbons (Fsp3) is 0.200. The zero-order chi connectivity index (χ0) is 13.2. The molecular weight excluding hydrogens is 306 g/mol. The molecule has 19 heavy (non-hydrogen) atoms. The summed E-state index contributed by atoms with van der Waals surface area (Å²) < 4.78 is 11.8. The van der Waals surface area contributed by atoms with Crippen molar-refractivity contribution in [3.8, 4) is 11.5 Å². The Hall–Kier alpha value is -1.68. The van der Waals surface area contributed by atoms with Crippen LogP contribution in [0.25, 0.3) is 0 Å². The number of ether oxygens (including phenoxy) is 2. The maximum Gasteiger partial charge on any atom is 0.231 e. The molecule has 2 aromatic carbocycles. The number of fused-ring (bicyclic) bond motifs is 1. The zero-order valence-electron chi connectivity index (χ0n) is 10.6. The highest BCUT2D eigenvalue weighted by Gasteiger charge is 2.12. The summed E-state index contributed by atoms with van der Waals surface area (Å²) in [5.41, 5.74) is 3.52. The number of anilines is 1. The van der Waals surface area contributed by atoms with Gasteiger partial charge in [0.15, 0.2) is 11.5 Å². The molecule has 0 aromatic heterocycles. The van der Waals surface area contributed by atoms with Crippen molar-refractivity contribution in [2.45, 2.75) is 13.5 Å². The first-order valence-electron chi connectivity index (χ1n) is 6.11. The van der Waals surface area contributed by atoms with Gasteiger partial charge in [0.25, 0.3) is 0 Å². The van der Waals surface area contributed by atoms with Crippen molar-refractivity contribution in [2.24, 2.45) is 0 Å². The predicted molar refractivity (Wildman–Crippen MR) is 78.8 cm³/mol. The molecule has 0 saturated heterocycles. The molecule has 0 atom stereocenters. The normalized spacial score (nSPS) is 12.5. The van der Waals surface area contributed by atoms with Crippen LogP contribution in [-0.2, 0) is 6.54 Å². The van der Waals surface area contributed by atoms with Crippen LogP contribution in [-0.4, -0.2) is 6.79 Å². The molecule has 1 aliphatic rings. The SMILES string of the molecule is Cc1cc(CNc2ccc3c(c2)OCO3)ccc1Br. The second-order valence-corrected chi connectivity index (χ2v) is 5.36. The van der Waals surface area contributed by atoms with Crippen molar-refractivity contribution >= 4 is 21.6 Å². The van der Waals surface area contributed by atoms with E-state index in [1.165, 1.54) is 11.1 Å². The summed E-state index contributed by atoms with van der Waals surface area (Å²) in [5.74, 6) is 1.61. The fourth-order valence-electron chi connectivity index (χ4n) is 2.03. The summed E-state index contributed by atoms with van der Waals surface area (Å²) in [6, 6.07) is 12.2. The smallest absolute Gasteiger partial charge is 0.231 e. The van der Waals surface area contributed by atoms with Gasteiger partial charge in [0, 0.05) is 22.8 Å². The Bertz CT molecular complexity index is 613.